The fourth-order valence-corrected chi connectivity index (χ4v) is 4.43. The quantitative estimate of drug-likeness (QED) is 0.677. The van der Waals surface area contributed by atoms with Crippen LogP contribution in [0.4, 0.5) is 0 Å². The van der Waals surface area contributed by atoms with E-state index >= 15 is 0 Å². The van der Waals surface area contributed by atoms with Crippen LogP contribution in [0.25, 0.3) is 0 Å². The fourth-order valence-electron chi connectivity index (χ4n) is 3.62. The SMILES string of the molecule is CS(=O)(=O)OC[C@@H]1C2CCC(CC2)[C@H]1COS(C)(=O)=O. The van der Waals surface area contributed by atoms with Crippen molar-refractivity contribution in [2.24, 2.45) is 23.7 Å². The van der Waals surface area contributed by atoms with Gasteiger partial charge >= 0.3 is 0 Å². The number of hydrogen-bond acceptors (Lipinski definition) is 6. The van der Waals surface area contributed by atoms with Crippen LogP contribution in [0.3, 0.4) is 0 Å². The van der Waals surface area contributed by atoms with Gasteiger partial charge in [0.05, 0.1) is 25.7 Å². The van der Waals surface area contributed by atoms with Crippen molar-refractivity contribution in [2.75, 3.05) is 25.7 Å². The molecule has 0 N–H and O–H groups in total. The van der Waals surface area contributed by atoms with Crippen LogP contribution in [-0.2, 0) is 28.6 Å². The normalized spacial score (nSPS) is 34.3. The minimum absolute atomic E-state index is 0.0685. The first kappa shape index (κ1) is 16.2. The first-order valence-corrected chi connectivity index (χ1v) is 10.5. The van der Waals surface area contributed by atoms with Crippen molar-refractivity contribution < 1.29 is 25.2 Å². The molecule has 8 heteroatoms. The van der Waals surface area contributed by atoms with E-state index in [1.165, 1.54) is 0 Å². The molecular formula is C12H22O6S2. The van der Waals surface area contributed by atoms with Crippen molar-refractivity contribution in [1.29, 1.82) is 0 Å². The maximum Gasteiger partial charge on any atom is 0.264 e. The van der Waals surface area contributed by atoms with Crippen LogP contribution >= 0.6 is 0 Å². The van der Waals surface area contributed by atoms with Crippen molar-refractivity contribution in [2.45, 2.75) is 25.7 Å². The van der Waals surface area contributed by atoms with E-state index in [1.54, 1.807) is 0 Å². The van der Waals surface area contributed by atoms with Gasteiger partial charge < -0.3 is 0 Å². The fraction of sp³-hybridized carbons (Fsp3) is 1.00. The zero-order valence-corrected chi connectivity index (χ0v) is 13.5. The van der Waals surface area contributed by atoms with E-state index in [-0.39, 0.29) is 25.0 Å². The highest BCUT2D eigenvalue weighted by molar-refractivity contribution is 7.86. The van der Waals surface area contributed by atoms with E-state index in [1.807, 2.05) is 0 Å². The Labute approximate surface area is 121 Å². The molecule has 6 nitrogen and oxygen atoms in total. The van der Waals surface area contributed by atoms with E-state index in [0.717, 1.165) is 38.2 Å². The molecule has 0 unspecified atom stereocenters. The number of hydrogen-bond donors (Lipinski definition) is 0. The van der Waals surface area contributed by atoms with Crippen molar-refractivity contribution in [3.8, 4) is 0 Å². The molecule has 0 heterocycles. The molecule has 0 aromatic carbocycles. The molecule has 20 heavy (non-hydrogen) atoms. The van der Waals surface area contributed by atoms with Gasteiger partial charge in [-0.2, -0.15) is 16.8 Å². The van der Waals surface area contributed by atoms with Gasteiger partial charge in [0.1, 0.15) is 0 Å². The summed E-state index contributed by atoms with van der Waals surface area (Å²) in [6, 6.07) is 0. The summed E-state index contributed by atoms with van der Waals surface area (Å²) >= 11 is 0. The van der Waals surface area contributed by atoms with Crippen LogP contribution in [-0.4, -0.2) is 42.6 Å². The van der Waals surface area contributed by atoms with Crippen LogP contribution in [0.1, 0.15) is 25.7 Å². The lowest BCUT2D eigenvalue weighted by Crippen LogP contribution is -2.44. The van der Waals surface area contributed by atoms with Gasteiger partial charge in [0.25, 0.3) is 20.2 Å². The summed E-state index contributed by atoms with van der Waals surface area (Å²) in [6.07, 6.45) is 6.34. The molecule has 3 rings (SSSR count). The highest BCUT2D eigenvalue weighted by Crippen LogP contribution is 2.49. The number of rotatable bonds is 6. The molecule has 0 saturated heterocycles. The third-order valence-corrected chi connectivity index (χ3v) is 5.66. The molecule has 2 bridgehead atoms. The second kappa shape index (κ2) is 5.90. The number of fused-ring (bicyclic) bond motifs is 3. The maximum absolute atomic E-state index is 11.2. The predicted molar refractivity (Wildman–Crippen MR) is 74.0 cm³/mol. The molecule has 0 aromatic heterocycles. The smallest absolute Gasteiger partial charge is 0.264 e. The highest BCUT2D eigenvalue weighted by Gasteiger charge is 2.44. The summed E-state index contributed by atoms with van der Waals surface area (Å²) in [4.78, 5) is 0. The Hall–Kier alpha value is -0.180. The lowest BCUT2D eigenvalue weighted by Gasteiger charge is -2.48. The zero-order chi connectivity index (χ0) is 15.0. The highest BCUT2D eigenvalue weighted by atomic mass is 32.2. The van der Waals surface area contributed by atoms with Crippen LogP contribution < -0.4 is 0 Å². The van der Waals surface area contributed by atoms with Crippen molar-refractivity contribution in [3.63, 3.8) is 0 Å². The Balaban J connectivity index is 2.04. The summed E-state index contributed by atoms with van der Waals surface area (Å²) in [6.45, 7) is 0.273. The largest absolute Gasteiger partial charge is 0.270 e. The van der Waals surface area contributed by atoms with Gasteiger partial charge in [-0.05, 0) is 49.4 Å². The summed E-state index contributed by atoms with van der Waals surface area (Å²) in [5.41, 5.74) is 0. The second-order valence-corrected chi connectivity index (χ2v) is 9.27. The Morgan fingerprint density at radius 2 is 1.05 bits per heavy atom. The van der Waals surface area contributed by atoms with E-state index in [2.05, 4.69) is 0 Å². The molecule has 3 aliphatic carbocycles. The minimum Gasteiger partial charge on any atom is -0.270 e. The zero-order valence-electron chi connectivity index (χ0n) is 11.8. The second-order valence-electron chi connectivity index (χ2n) is 5.98. The maximum atomic E-state index is 11.2. The average Bonchev–Trinajstić information content (AvgIpc) is 2.33. The summed E-state index contributed by atoms with van der Waals surface area (Å²) in [5.74, 6) is 0.961. The first-order chi connectivity index (χ1) is 9.16. The van der Waals surface area contributed by atoms with Gasteiger partial charge in [-0.3, -0.25) is 8.37 Å². The van der Waals surface area contributed by atoms with Gasteiger partial charge in [-0.15, -0.1) is 0 Å². The van der Waals surface area contributed by atoms with Crippen molar-refractivity contribution in [1.82, 2.24) is 0 Å². The van der Waals surface area contributed by atoms with Crippen molar-refractivity contribution >= 4 is 20.2 Å². The molecule has 3 fully saturated rings. The minimum atomic E-state index is -3.47. The van der Waals surface area contributed by atoms with E-state index in [4.69, 9.17) is 8.37 Å². The molecule has 118 valence electrons. The topological polar surface area (TPSA) is 86.7 Å². The monoisotopic (exact) mass is 326 g/mol. The molecule has 0 spiro atoms. The Bertz CT molecular complexity index is 480. The standard InChI is InChI=1S/C12H22O6S2/c1-19(13,14)17-7-11-9-3-5-10(6-4-9)12(11)8-18-20(2,15)16/h9-12H,3-8H2,1-2H3/t9?,10?,11-,12-/m1/s1. The molecule has 0 aliphatic heterocycles. The third kappa shape index (κ3) is 4.41. The molecular weight excluding hydrogens is 304 g/mol. The van der Waals surface area contributed by atoms with Crippen LogP contribution in [0.15, 0.2) is 0 Å². The molecule has 0 aromatic rings. The van der Waals surface area contributed by atoms with Crippen LogP contribution in [0.2, 0.25) is 0 Å². The molecule has 3 aliphatic rings. The molecule has 0 radical (unpaired) electrons. The lowest BCUT2D eigenvalue weighted by molar-refractivity contribution is -0.0226. The lowest BCUT2D eigenvalue weighted by atomic mass is 9.59. The van der Waals surface area contributed by atoms with Crippen molar-refractivity contribution in [3.05, 3.63) is 0 Å². The predicted octanol–water partition coefficient (Wildman–Crippen LogP) is 0.991. The Kier molecular flexibility index (Phi) is 4.78. The Morgan fingerprint density at radius 3 is 1.30 bits per heavy atom. The molecule has 0 amide bonds. The van der Waals surface area contributed by atoms with E-state index in [0.29, 0.717) is 11.8 Å². The van der Waals surface area contributed by atoms with E-state index < -0.39 is 20.2 Å². The Morgan fingerprint density at radius 1 is 0.750 bits per heavy atom. The van der Waals surface area contributed by atoms with E-state index in [9.17, 15) is 16.8 Å². The van der Waals surface area contributed by atoms with Crippen LogP contribution in [0.5, 0.6) is 0 Å². The van der Waals surface area contributed by atoms with Gasteiger partial charge in [-0.25, -0.2) is 0 Å². The summed E-state index contributed by atoms with van der Waals surface area (Å²) < 4.78 is 54.5. The van der Waals surface area contributed by atoms with Gasteiger partial charge in [0.15, 0.2) is 0 Å². The average molecular weight is 326 g/mol. The van der Waals surface area contributed by atoms with Gasteiger partial charge in [-0.1, -0.05) is 0 Å². The molecule has 2 atom stereocenters. The van der Waals surface area contributed by atoms with Gasteiger partial charge in [0, 0.05) is 0 Å². The summed E-state index contributed by atoms with van der Waals surface area (Å²) in [7, 11) is -6.93. The van der Waals surface area contributed by atoms with Gasteiger partial charge in [0.2, 0.25) is 0 Å². The van der Waals surface area contributed by atoms with Crippen LogP contribution in [0, 0.1) is 23.7 Å². The summed E-state index contributed by atoms with van der Waals surface area (Å²) in [5, 5.41) is 0. The third-order valence-electron chi connectivity index (χ3n) is 4.53. The molecule has 3 saturated carbocycles. The first-order valence-electron chi connectivity index (χ1n) is 6.84.